The van der Waals surface area contributed by atoms with Crippen molar-refractivity contribution in [2.45, 2.75) is 103 Å². The molecule has 0 aliphatic heterocycles. The summed E-state index contributed by atoms with van der Waals surface area (Å²) in [6.07, 6.45) is 18.2. The first-order valence-electron chi connectivity index (χ1n) is 9.32. The average Bonchev–Trinajstić information content (AvgIpc) is 2.51. The molecule has 0 rings (SSSR count). The van der Waals surface area contributed by atoms with Crippen molar-refractivity contribution in [3.63, 3.8) is 0 Å². The van der Waals surface area contributed by atoms with Crippen molar-refractivity contribution in [3.8, 4) is 0 Å². The molecule has 0 spiro atoms. The van der Waals surface area contributed by atoms with Crippen LogP contribution in [-0.4, -0.2) is 34.1 Å². The minimum Gasteiger partial charge on any atom is -0.394 e. The number of unbranched alkanes of at least 4 members (excludes halogenated alkanes) is 10. The van der Waals surface area contributed by atoms with E-state index >= 15 is 0 Å². The van der Waals surface area contributed by atoms with E-state index in [4.69, 9.17) is 5.11 Å². The summed E-state index contributed by atoms with van der Waals surface area (Å²) in [5.74, 6) is 0. The summed E-state index contributed by atoms with van der Waals surface area (Å²) in [6.45, 7) is 1.98. The fourth-order valence-electron chi connectivity index (χ4n) is 2.61. The molecule has 0 heterocycles. The van der Waals surface area contributed by atoms with Gasteiger partial charge >= 0.3 is 0 Å². The minimum absolute atomic E-state index is 0.249. The molecule has 132 valence electrons. The Morgan fingerprint density at radius 1 is 0.727 bits per heavy atom. The van der Waals surface area contributed by atoms with Crippen molar-refractivity contribution in [2.24, 2.45) is 0 Å². The molecule has 0 aromatic heterocycles. The van der Waals surface area contributed by atoms with Gasteiger partial charge in [-0.2, -0.15) is 0 Å². The molecule has 3 heteroatoms. The van der Waals surface area contributed by atoms with Crippen LogP contribution in [0.25, 0.3) is 0 Å². The number of allylic oxidation sites excluding steroid dienone is 1. The monoisotopic (exact) mass is 314 g/mol. The lowest BCUT2D eigenvalue weighted by molar-refractivity contribution is 0.0428. The van der Waals surface area contributed by atoms with E-state index in [9.17, 15) is 10.2 Å². The second-order valence-corrected chi connectivity index (χ2v) is 6.40. The molecule has 3 nitrogen and oxygen atoms in total. The second kappa shape index (κ2) is 17.0. The standard InChI is InChI=1S/C19H38O3/c1-2-3-4-5-6-7-8-9-10-11-12-13-14-15-18(21)16-19(22)17-20/h13-14,18-22H,2-12,15-17H2,1H3/t18-,19-/m1/s1. The van der Waals surface area contributed by atoms with Gasteiger partial charge < -0.3 is 15.3 Å². The Hall–Kier alpha value is -0.380. The van der Waals surface area contributed by atoms with Crippen LogP contribution in [0, 0.1) is 0 Å². The predicted octanol–water partition coefficient (Wildman–Crippen LogP) is 4.35. The highest BCUT2D eigenvalue weighted by atomic mass is 16.3. The third-order valence-electron chi connectivity index (χ3n) is 4.05. The fourth-order valence-corrected chi connectivity index (χ4v) is 2.61. The number of aliphatic hydroxyl groups excluding tert-OH is 3. The van der Waals surface area contributed by atoms with Crippen LogP contribution >= 0.6 is 0 Å². The highest BCUT2D eigenvalue weighted by Gasteiger charge is 2.08. The molecule has 0 aromatic rings. The summed E-state index contributed by atoms with van der Waals surface area (Å²) in [5.41, 5.74) is 0. The van der Waals surface area contributed by atoms with Crippen LogP contribution in [0.15, 0.2) is 12.2 Å². The minimum atomic E-state index is -0.801. The largest absolute Gasteiger partial charge is 0.394 e. The van der Waals surface area contributed by atoms with Crippen molar-refractivity contribution >= 4 is 0 Å². The highest BCUT2D eigenvalue weighted by molar-refractivity contribution is 4.84. The van der Waals surface area contributed by atoms with Gasteiger partial charge in [-0.1, -0.05) is 76.9 Å². The molecule has 2 atom stereocenters. The Balaban J connectivity index is 3.23. The summed E-state index contributed by atoms with van der Waals surface area (Å²) in [7, 11) is 0. The van der Waals surface area contributed by atoms with E-state index < -0.39 is 12.2 Å². The topological polar surface area (TPSA) is 60.7 Å². The van der Waals surface area contributed by atoms with E-state index in [-0.39, 0.29) is 13.0 Å². The zero-order valence-electron chi connectivity index (χ0n) is 14.6. The fraction of sp³-hybridized carbons (Fsp3) is 0.895. The lowest BCUT2D eigenvalue weighted by Crippen LogP contribution is -2.20. The molecular weight excluding hydrogens is 276 g/mol. The summed E-state index contributed by atoms with van der Waals surface area (Å²) < 4.78 is 0. The van der Waals surface area contributed by atoms with Crippen LogP contribution < -0.4 is 0 Å². The summed E-state index contributed by atoms with van der Waals surface area (Å²) in [5, 5.41) is 27.5. The van der Waals surface area contributed by atoms with E-state index in [2.05, 4.69) is 13.0 Å². The quantitative estimate of drug-likeness (QED) is 0.293. The van der Waals surface area contributed by atoms with Crippen molar-refractivity contribution < 1.29 is 15.3 Å². The van der Waals surface area contributed by atoms with Crippen LogP contribution in [0.5, 0.6) is 0 Å². The van der Waals surface area contributed by atoms with E-state index in [1.165, 1.54) is 64.2 Å². The van der Waals surface area contributed by atoms with Crippen LogP contribution in [0.3, 0.4) is 0 Å². The molecule has 0 fully saturated rings. The number of hydrogen-bond acceptors (Lipinski definition) is 3. The number of hydrogen-bond donors (Lipinski definition) is 3. The lowest BCUT2D eigenvalue weighted by atomic mass is 10.1. The predicted molar refractivity (Wildman–Crippen MR) is 93.9 cm³/mol. The van der Waals surface area contributed by atoms with Gasteiger partial charge in [-0.3, -0.25) is 0 Å². The Kier molecular flexibility index (Phi) is 16.7. The molecule has 0 aromatic carbocycles. The molecular formula is C19H38O3. The molecule has 3 N–H and O–H groups in total. The lowest BCUT2D eigenvalue weighted by Gasteiger charge is -2.11. The molecule has 0 bridgehead atoms. The van der Waals surface area contributed by atoms with Gasteiger partial charge in [-0.25, -0.2) is 0 Å². The molecule has 0 unspecified atom stereocenters. The van der Waals surface area contributed by atoms with E-state index in [0.717, 1.165) is 6.42 Å². The van der Waals surface area contributed by atoms with Crippen molar-refractivity contribution in [1.29, 1.82) is 0 Å². The zero-order chi connectivity index (χ0) is 16.5. The Morgan fingerprint density at radius 3 is 1.82 bits per heavy atom. The average molecular weight is 315 g/mol. The smallest absolute Gasteiger partial charge is 0.0795 e. The van der Waals surface area contributed by atoms with E-state index in [0.29, 0.717) is 6.42 Å². The third kappa shape index (κ3) is 16.0. The van der Waals surface area contributed by atoms with Gasteiger partial charge in [0.05, 0.1) is 18.8 Å². The first kappa shape index (κ1) is 21.6. The van der Waals surface area contributed by atoms with Gasteiger partial charge in [-0.15, -0.1) is 0 Å². The molecule has 22 heavy (non-hydrogen) atoms. The van der Waals surface area contributed by atoms with E-state index in [1.54, 1.807) is 0 Å². The summed E-state index contributed by atoms with van der Waals surface area (Å²) >= 11 is 0. The first-order chi connectivity index (χ1) is 10.7. The van der Waals surface area contributed by atoms with Crippen LogP contribution in [0.4, 0.5) is 0 Å². The number of rotatable bonds is 16. The Morgan fingerprint density at radius 2 is 1.27 bits per heavy atom. The zero-order valence-corrected chi connectivity index (χ0v) is 14.6. The SMILES string of the molecule is CCCCCCCCCCCCC=CC[C@@H](O)C[C@@H](O)CO. The number of aliphatic hydroxyl groups is 3. The highest BCUT2D eigenvalue weighted by Crippen LogP contribution is 2.11. The molecule has 0 aliphatic carbocycles. The van der Waals surface area contributed by atoms with Gasteiger partial charge in [-0.05, 0) is 19.3 Å². The maximum atomic E-state index is 9.61. The van der Waals surface area contributed by atoms with Crippen LogP contribution in [0.1, 0.15) is 90.4 Å². The molecule has 0 radical (unpaired) electrons. The van der Waals surface area contributed by atoms with Crippen molar-refractivity contribution in [1.82, 2.24) is 0 Å². The molecule has 0 amide bonds. The van der Waals surface area contributed by atoms with E-state index in [1.807, 2.05) is 6.08 Å². The maximum Gasteiger partial charge on any atom is 0.0795 e. The third-order valence-corrected chi connectivity index (χ3v) is 4.05. The second-order valence-electron chi connectivity index (χ2n) is 6.40. The van der Waals surface area contributed by atoms with Gasteiger partial charge in [0.2, 0.25) is 0 Å². The van der Waals surface area contributed by atoms with Crippen LogP contribution in [-0.2, 0) is 0 Å². The molecule has 0 saturated carbocycles. The summed E-state index contributed by atoms with van der Waals surface area (Å²) in [4.78, 5) is 0. The van der Waals surface area contributed by atoms with Crippen LogP contribution in [0.2, 0.25) is 0 Å². The molecule has 0 aliphatic rings. The van der Waals surface area contributed by atoms with Gasteiger partial charge in [0.1, 0.15) is 0 Å². The Labute approximate surface area is 137 Å². The van der Waals surface area contributed by atoms with Gasteiger partial charge in [0.15, 0.2) is 0 Å². The summed E-state index contributed by atoms with van der Waals surface area (Å²) in [6, 6.07) is 0. The normalized spacial score (nSPS) is 14.5. The van der Waals surface area contributed by atoms with Gasteiger partial charge in [0, 0.05) is 6.42 Å². The molecule has 0 saturated heterocycles. The first-order valence-corrected chi connectivity index (χ1v) is 9.32. The Bertz CT molecular complexity index is 241. The van der Waals surface area contributed by atoms with Crippen molar-refractivity contribution in [2.75, 3.05) is 6.61 Å². The maximum absolute atomic E-state index is 9.61. The van der Waals surface area contributed by atoms with Gasteiger partial charge in [0.25, 0.3) is 0 Å². The van der Waals surface area contributed by atoms with Crippen molar-refractivity contribution in [3.05, 3.63) is 12.2 Å².